The fourth-order valence-electron chi connectivity index (χ4n) is 0.988. The lowest BCUT2D eigenvalue weighted by atomic mass is 9.80. The summed E-state index contributed by atoms with van der Waals surface area (Å²) in [6.45, 7) is 0.226. The Bertz CT molecular complexity index is 357. The summed E-state index contributed by atoms with van der Waals surface area (Å²) in [5.74, 6) is -0.427. The number of benzene rings is 1. The molecule has 0 aliphatic heterocycles. The Morgan fingerprint density at radius 2 is 2.20 bits per heavy atom. The van der Waals surface area contributed by atoms with Crippen molar-refractivity contribution < 1.29 is 19.2 Å². The Morgan fingerprint density at radius 3 is 2.73 bits per heavy atom. The summed E-state index contributed by atoms with van der Waals surface area (Å²) in [5.41, 5.74) is 1.11. The van der Waals surface area contributed by atoms with E-state index in [1.54, 1.807) is 6.08 Å². The molecule has 2 N–H and O–H groups in total. The molecule has 0 radical (unpaired) electrons. The van der Waals surface area contributed by atoms with Gasteiger partial charge in [-0.25, -0.2) is 4.39 Å². The summed E-state index contributed by atoms with van der Waals surface area (Å²) in [6.07, 6.45) is 1.55. The maximum Gasteiger partial charge on any atom is 0.491 e. The molecule has 15 heavy (non-hydrogen) atoms. The molecular formula is C9H9BClFO3. The Hall–Kier alpha value is -1.04. The molecular weight excluding hydrogens is 221 g/mol. The van der Waals surface area contributed by atoms with E-state index in [1.165, 1.54) is 17.7 Å². The van der Waals surface area contributed by atoms with E-state index in [0.717, 1.165) is 6.07 Å². The summed E-state index contributed by atoms with van der Waals surface area (Å²) in [5, 5.41) is 17.5. The highest BCUT2D eigenvalue weighted by Gasteiger charge is 2.16. The molecule has 0 spiro atoms. The minimum absolute atomic E-state index is 0.185. The molecule has 0 atom stereocenters. The molecule has 0 bridgehead atoms. The van der Waals surface area contributed by atoms with E-state index in [4.69, 9.17) is 26.4 Å². The van der Waals surface area contributed by atoms with Crippen LogP contribution in [0.15, 0.2) is 29.8 Å². The molecule has 0 saturated heterocycles. The quantitative estimate of drug-likeness (QED) is 0.746. The largest absolute Gasteiger partial charge is 0.491 e. The standard InChI is InChI=1S/C9H9BClFO3/c11-4-1-5-15-7-2-3-8(10(13)14)9(12)6-7/h1-4,6,13-14H,5H2/b4-1+. The zero-order valence-electron chi connectivity index (χ0n) is 7.73. The topological polar surface area (TPSA) is 49.7 Å². The van der Waals surface area contributed by atoms with Crippen LogP contribution >= 0.6 is 11.6 Å². The van der Waals surface area contributed by atoms with Crippen molar-refractivity contribution in [3.05, 3.63) is 35.6 Å². The second-order valence-corrected chi connectivity index (χ2v) is 2.98. The monoisotopic (exact) mass is 230 g/mol. The van der Waals surface area contributed by atoms with Crippen molar-refractivity contribution in [2.24, 2.45) is 0 Å². The molecule has 1 aromatic carbocycles. The average Bonchev–Trinajstić information content (AvgIpc) is 2.17. The maximum atomic E-state index is 13.2. The summed E-state index contributed by atoms with van der Waals surface area (Å²) < 4.78 is 18.3. The van der Waals surface area contributed by atoms with Crippen LogP contribution in [0.1, 0.15) is 0 Å². The van der Waals surface area contributed by atoms with E-state index < -0.39 is 12.9 Å². The van der Waals surface area contributed by atoms with Gasteiger partial charge in [0.05, 0.1) is 0 Å². The van der Waals surface area contributed by atoms with E-state index in [-0.39, 0.29) is 12.1 Å². The van der Waals surface area contributed by atoms with Gasteiger partial charge in [0.25, 0.3) is 0 Å². The van der Waals surface area contributed by atoms with Crippen molar-refractivity contribution in [3.63, 3.8) is 0 Å². The molecule has 1 rings (SSSR count). The Morgan fingerprint density at radius 1 is 1.47 bits per heavy atom. The van der Waals surface area contributed by atoms with Crippen molar-refractivity contribution in [1.82, 2.24) is 0 Å². The highest BCUT2D eigenvalue weighted by Crippen LogP contribution is 2.11. The fourth-order valence-corrected chi connectivity index (χ4v) is 1.06. The maximum absolute atomic E-state index is 13.2. The molecule has 0 saturated carbocycles. The van der Waals surface area contributed by atoms with Crippen LogP contribution in [0.2, 0.25) is 0 Å². The normalized spacial score (nSPS) is 10.7. The third-order valence-electron chi connectivity index (χ3n) is 1.69. The van der Waals surface area contributed by atoms with E-state index in [1.807, 2.05) is 0 Å². The lowest BCUT2D eigenvalue weighted by molar-refractivity contribution is 0.360. The van der Waals surface area contributed by atoms with Crippen LogP contribution in [0.25, 0.3) is 0 Å². The predicted octanol–water partition coefficient (Wildman–Crippen LogP) is 0.637. The number of ether oxygens (including phenoxy) is 1. The minimum Gasteiger partial charge on any atom is -0.489 e. The van der Waals surface area contributed by atoms with E-state index in [2.05, 4.69) is 0 Å². The molecule has 0 aliphatic carbocycles. The zero-order chi connectivity index (χ0) is 11.3. The Labute approximate surface area is 91.9 Å². The van der Waals surface area contributed by atoms with Gasteiger partial charge in [-0.1, -0.05) is 17.7 Å². The second-order valence-electron chi connectivity index (χ2n) is 2.73. The van der Waals surface area contributed by atoms with E-state index >= 15 is 0 Å². The van der Waals surface area contributed by atoms with Gasteiger partial charge in [-0.05, 0) is 12.1 Å². The van der Waals surface area contributed by atoms with Crippen molar-refractivity contribution >= 4 is 24.2 Å². The third-order valence-corrected chi connectivity index (χ3v) is 1.86. The van der Waals surface area contributed by atoms with Gasteiger partial charge in [0.15, 0.2) is 0 Å². The van der Waals surface area contributed by atoms with Crippen molar-refractivity contribution in [3.8, 4) is 5.75 Å². The predicted molar refractivity (Wildman–Crippen MR) is 56.7 cm³/mol. The van der Waals surface area contributed by atoms with Gasteiger partial charge >= 0.3 is 7.12 Å². The van der Waals surface area contributed by atoms with Crippen LogP contribution < -0.4 is 10.2 Å². The highest BCUT2D eigenvalue weighted by atomic mass is 35.5. The van der Waals surface area contributed by atoms with Gasteiger partial charge in [0.2, 0.25) is 0 Å². The average molecular weight is 230 g/mol. The first-order valence-corrected chi connectivity index (χ1v) is 4.62. The summed E-state index contributed by atoms with van der Waals surface area (Å²) in [6, 6.07) is 3.77. The van der Waals surface area contributed by atoms with Crippen molar-refractivity contribution in [2.75, 3.05) is 6.61 Å². The van der Waals surface area contributed by atoms with Crippen LogP contribution in [0, 0.1) is 5.82 Å². The Kier molecular flexibility index (Phi) is 4.61. The van der Waals surface area contributed by atoms with Crippen LogP contribution in [0.4, 0.5) is 4.39 Å². The first-order valence-electron chi connectivity index (χ1n) is 4.18. The number of hydrogen-bond acceptors (Lipinski definition) is 3. The van der Waals surface area contributed by atoms with Gasteiger partial charge in [-0.3, -0.25) is 0 Å². The van der Waals surface area contributed by atoms with E-state index in [9.17, 15) is 4.39 Å². The number of hydrogen-bond donors (Lipinski definition) is 2. The van der Waals surface area contributed by atoms with Gasteiger partial charge in [0, 0.05) is 17.1 Å². The molecule has 0 heterocycles. The molecule has 3 nitrogen and oxygen atoms in total. The lowest BCUT2D eigenvalue weighted by Crippen LogP contribution is -2.32. The highest BCUT2D eigenvalue weighted by molar-refractivity contribution is 6.58. The van der Waals surface area contributed by atoms with Crippen LogP contribution in [0.5, 0.6) is 5.75 Å². The minimum atomic E-state index is -1.82. The SMILES string of the molecule is OB(O)c1ccc(OC/C=C/Cl)cc1F. The first-order chi connectivity index (χ1) is 7.15. The van der Waals surface area contributed by atoms with Crippen LogP contribution in [0.3, 0.4) is 0 Å². The summed E-state index contributed by atoms with van der Waals surface area (Å²) in [4.78, 5) is 0. The van der Waals surface area contributed by atoms with Crippen LogP contribution in [-0.2, 0) is 0 Å². The molecule has 6 heteroatoms. The molecule has 0 fully saturated rings. The van der Waals surface area contributed by atoms with E-state index in [0.29, 0.717) is 5.75 Å². The fraction of sp³-hybridized carbons (Fsp3) is 0.111. The van der Waals surface area contributed by atoms with Gasteiger partial charge in [-0.2, -0.15) is 0 Å². The van der Waals surface area contributed by atoms with Gasteiger partial charge in [-0.15, -0.1) is 0 Å². The smallest absolute Gasteiger partial charge is 0.489 e. The second kappa shape index (κ2) is 5.75. The zero-order valence-corrected chi connectivity index (χ0v) is 8.49. The summed E-state index contributed by atoms with van der Waals surface area (Å²) in [7, 11) is -1.82. The first kappa shape index (κ1) is 12.0. The van der Waals surface area contributed by atoms with Gasteiger partial charge in [0.1, 0.15) is 18.2 Å². The third kappa shape index (κ3) is 3.55. The Balaban J connectivity index is 2.73. The van der Waals surface area contributed by atoms with Crippen molar-refractivity contribution in [1.29, 1.82) is 0 Å². The lowest BCUT2D eigenvalue weighted by Gasteiger charge is -2.05. The van der Waals surface area contributed by atoms with Crippen molar-refractivity contribution in [2.45, 2.75) is 0 Å². The molecule has 0 aliphatic rings. The molecule has 80 valence electrons. The number of rotatable bonds is 4. The molecule has 1 aromatic rings. The molecule has 0 aromatic heterocycles. The number of halogens is 2. The van der Waals surface area contributed by atoms with Crippen LogP contribution in [-0.4, -0.2) is 23.8 Å². The molecule has 0 unspecified atom stereocenters. The molecule has 0 amide bonds. The van der Waals surface area contributed by atoms with Gasteiger partial charge < -0.3 is 14.8 Å². The summed E-state index contributed by atoms with van der Waals surface area (Å²) >= 11 is 5.27.